The van der Waals surface area contributed by atoms with Crippen molar-refractivity contribution in [3.8, 4) is 0 Å². The highest BCUT2D eigenvalue weighted by Crippen LogP contribution is 2.21. The van der Waals surface area contributed by atoms with E-state index in [2.05, 4.69) is 29.8 Å². The van der Waals surface area contributed by atoms with Crippen LogP contribution in [0.5, 0.6) is 0 Å². The largest absolute Gasteiger partial charge is 0.327 e. The lowest BCUT2D eigenvalue weighted by atomic mass is 9.94. The summed E-state index contributed by atoms with van der Waals surface area (Å²) in [6, 6.07) is 4.82. The number of halogens is 2. The van der Waals surface area contributed by atoms with Gasteiger partial charge in [-0.25, -0.2) is 4.39 Å². The van der Waals surface area contributed by atoms with Crippen LogP contribution in [-0.2, 0) is 6.42 Å². The Labute approximate surface area is 99.0 Å². The predicted octanol–water partition coefficient (Wildman–Crippen LogP) is 3.50. The van der Waals surface area contributed by atoms with Gasteiger partial charge in [0.15, 0.2) is 0 Å². The number of benzene rings is 1. The SMILES string of the molecule is CCC(C)C(N)Cc1cc(F)ccc1Br. The summed E-state index contributed by atoms with van der Waals surface area (Å²) in [7, 11) is 0. The topological polar surface area (TPSA) is 26.0 Å². The summed E-state index contributed by atoms with van der Waals surface area (Å²) in [4.78, 5) is 0. The molecule has 0 heterocycles. The number of nitrogens with two attached hydrogens (primary N) is 1. The van der Waals surface area contributed by atoms with Crippen LogP contribution in [0.1, 0.15) is 25.8 Å². The molecule has 0 amide bonds. The maximum Gasteiger partial charge on any atom is 0.123 e. The zero-order chi connectivity index (χ0) is 11.4. The molecule has 3 heteroatoms. The first-order valence-corrected chi connectivity index (χ1v) is 6.03. The monoisotopic (exact) mass is 273 g/mol. The van der Waals surface area contributed by atoms with E-state index in [1.165, 1.54) is 6.07 Å². The molecular formula is C12H17BrFN. The van der Waals surface area contributed by atoms with Gasteiger partial charge in [-0.3, -0.25) is 0 Å². The Morgan fingerprint density at radius 2 is 2.13 bits per heavy atom. The van der Waals surface area contributed by atoms with Gasteiger partial charge in [-0.15, -0.1) is 0 Å². The van der Waals surface area contributed by atoms with Crippen molar-refractivity contribution in [3.05, 3.63) is 34.1 Å². The Bertz CT molecular complexity index is 327. The van der Waals surface area contributed by atoms with Crippen LogP contribution in [-0.4, -0.2) is 6.04 Å². The van der Waals surface area contributed by atoms with Gasteiger partial charge in [0.2, 0.25) is 0 Å². The molecule has 0 bridgehead atoms. The average molecular weight is 274 g/mol. The van der Waals surface area contributed by atoms with Crippen LogP contribution >= 0.6 is 15.9 Å². The second-order valence-electron chi connectivity index (χ2n) is 3.99. The maximum absolute atomic E-state index is 13.0. The van der Waals surface area contributed by atoms with Crippen LogP contribution in [0, 0.1) is 11.7 Å². The summed E-state index contributed by atoms with van der Waals surface area (Å²) in [6.07, 6.45) is 1.77. The lowest BCUT2D eigenvalue weighted by molar-refractivity contribution is 0.439. The van der Waals surface area contributed by atoms with Crippen LogP contribution in [0.3, 0.4) is 0 Å². The molecule has 0 aliphatic heterocycles. The van der Waals surface area contributed by atoms with Gasteiger partial charge < -0.3 is 5.73 Å². The fourth-order valence-corrected chi connectivity index (χ4v) is 1.87. The summed E-state index contributed by atoms with van der Waals surface area (Å²) in [5.41, 5.74) is 6.98. The second-order valence-corrected chi connectivity index (χ2v) is 4.84. The van der Waals surface area contributed by atoms with Gasteiger partial charge in [0.25, 0.3) is 0 Å². The number of rotatable bonds is 4. The van der Waals surface area contributed by atoms with E-state index in [9.17, 15) is 4.39 Å². The van der Waals surface area contributed by atoms with Crippen molar-refractivity contribution in [1.82, 2.24) is 0 Å². The third-order valence-electron chi connectivity index (χ3n) is 2.84. The molecule has 0 aromatic heterocycles. The van der Waals surface area contributed by atoms with E-state index < -0.39 is 0 Å². The molecule has 2 N–H and O–H groups in total. The van der Waals surface area contributed by atoms with Crippen LogP contribution in [0.2, 0.25) is 0 Å². The zero-order valence-electron chi connectivity index (χ0n) is 9.13. The fourth-order valence-electron chi connectivity index (χ4n) is 1.46. The van der Waals surface area contributed by atoms with Crippen molar-refractivity contribution in [2.24, 2.45) is 11.7 Å². The molecule has 0 saturated carbocycles. The molecule has 0 radical (unpaired) electrons. The molecule has 84 valence electrons. The van der Waals surface area contributed by atoms with E-state index in [0.717, 1.165) is 16.5 Å². The minimum absolute atomic E-state index is 0.0908. The lowest BCUT2D eigenvalue weighted by Gasteiger charge is -2.18. The van der Waals surface area contributed by atoms with E-state index in [0.29, 0.717) is 12.3 Å². The molecule has 0 aliphatic rings. The zero-order valence-corrected chi connectivity index (χ0v) is 10.7. The van der Waals surface area contributed by atoms with Crippen molar-refractivity contribution in [2.75, 3.05) is 0 Å². The third-order valence-corrected chi connectivity index (χ3v) is 3.61. The van der Waals surface area contributed by atoms with Gasteiger partial charge in [0.1, 0.15) is 5.82 Å². The molecule has 0 spiro atoms. The molecule has 15 heavy (non-hydrogen) atoms. The quantitative estimate of drug-likeness (QED) is 0.893. The first kappa shape index (κ1) is 12.7. The first-order chi connectivity index (χ1) is 7.04. The Morgan fingerprint density at radius 1 is 1.47 bits per heavy atom. The standard InChI is InChI=1S/C12H17BrFN/c1-3-8(2)12(15)7-9-6-10(14)4-5-11(9)13/h4-6,8,12H,3,7,15H2,1-2H3. The van der Waals surface area contributed by atoms with Gasteiger partial charge in [-0.1, -0.05) is 36.2 Å². The van der Waals surface area contributed by atoms with Gasteiger partial charge >= 0.3 is 0 Å². The Balaban J connectivity index is 2.75. The highest BCUT2D eigenvalue weighted by molar-refractivity contribution is 9.10. The minimum atomic E-state index is -0.204. The van der Waals surface area contributed by atoms with Crippen molar-refractivity contribution < 1.29 is 4.39 Å². The highest BCUT2D eigenvalue weighted by Gasteiger charge is 2.13. The molecular weight excluding hydrogens is 257 g/mol. The van der Waals surface area contributed by atoms with Crippen LogP contribution in [0.15, 0.2) is 22.7 Å². The van der Waals surface area contributed by atoms with Crippen molar-refractivity contribution in [1.29, 1.82) is 0 Å². The van der Waals surface area contributed by atoms with Crippen LogP contribution in [0.25, 0.3) is 0 Å². The fraction of sp³-hybridized carbons (Fsp3) is 0.500. The normalized spacial score (nSPS) is 15.0. The van der Waals surface area contributed by atoms with Gasteiger partial charge in [0, 0.05) is 10.5 Å². The summed E-state index contributed by atoms with van der Waals surface area (Å²) in [5.74, 6) is 0.254. The maximum atomic E-state index is 13.0. The summed E-state index contributed by atoms with van der Waals surface area (Å²) in [6.45, 7) is 4.24. The van der Waals surface area contributed by atoms with E-state index in [-0.39, 0.29) is 11.9 Å². The van der Waals surface area contributed by atoms with Crippen LogP contribution in [0.4, 0.5) is 4.39 Å². The Morgan fingerprint density at radius 3 is 2.73 bits per heavy atom. The van der Waals surface area contributed by atoms with E-state index in [1.54, 1.807) is 12.1 Å². The molecule has 0 saturated heterocycles. The second kappa shape index (κ2) is 5.61. The number of hydrogen-bond acceptors (Lipinski definition) is 1. The molecule has 0 fully saturated rings. The molecule has 1 rings (SSSR count). The molecule has 2 unspecified atom stereocenters. The highest BCUT2D eigenvalue weighted by atomic mass is 79.9. The van der Waals surface area contributed by atoms with Crippen molar-refractivity contribution >= 4 is 15.9 Å². The molecule has 1 aromatic carbocycles. The lowest BCUT2D eigenvalue weighted by Crippen LogP contribution is -2.30. The summed E-state index contributed by atoms with van der Waals surface area (Å²) in [5, 5.41) is 0. The van der Waals surface area contributed by atoms with Gasteiger partial charge in [-0.05, 0) is 36.1 Å². The predicted molar refractivity (Wildman–Crippen MR) is 65.2 cm³/mol. The van der Waals surface area contributed by atoms with Crippen molar-refractivity contribution in [3.63, 3.8) is 0 Å². The number of hydrogen-bond donors (Lipinski definition) is 1. The average Bonchev–Trinajstić information content (AvgIpc) is 2.22. The Hall–Kier alpha value is -0.410. The molecule has 1 nitrogen and oxygen atoms in total. The third kappa shape index (κ3) is 3.58. The van der Waals surface area contributed by atoms with E-state index in [4.69, 9.17) is 5.73 Å². The Kier molecular flexibility index (Phi) is 4.74. The van der Waals surface area contributed by atoms with E-state index in [1.807, 2.05) is 0 Å². The van der Waals surface area contributed by atoms with Gasteiger partial charge in [0.05, 0.1) is 0 Å². The minimum Gasteiger partial charge on any atom is -0.327 e. The molecule has 0 aliphatic carbocycles. The van der Waals surface area contributed by atoms with Crippen LogP contribution < -0.4 is 5.73 Å². The molecule has 1 aromatic rings. The van der Waals surface area contributed by atoms with Gasteiger partial charge in [-0.2, -0.15) is 0 Å². The summed E-state index contributed by atoms with van der Waals surface area (Å²) >= 11 is 3.41. The smallest absolute Gasteiger partial charge is 0.123 e. The molecule has 2 atom stereocenters. The summed E-state index contributed by atoms with van der Waals surface area (Å²) < 4.78 is 14.0. The van der Waals surface area contributed by atoms with Crippen molar-refractivity contribution in [2.45, 2.75) is 32.7 Å². The van der Waals surface area contributed by atoms with E-state index >= 15 is 0 Å². The first-order valence-electron chi connectivity index (χ1n) is 5.24.